The quantitative estimate of drug-likeness (QED) is 0.896. The van der Waals surface area contributed by atoms with Gasteiger partial charge in [-0.05, 0) is 40.2 Å². The van der Waals surface area contributed by atoms with Gasteiger partial charge in [0, 0.05) is 12.7 Å². The molecule has 0 atom stereocenters. The summed E-state index contributed by atoms with van der Waals surface area (Å²) < 4.78 is 41.3. The Morgan fingerprint density at radius 3 is 2.58 bits per heavy atom. The molecule has 0 aliphatic heterocycles. The third-order valence-corrected chi connectivity index (χ3v) is 4.25. The molecular weight excluding hydrogens is 337 g/mol. The summed E-state index contributed by atoms with van der Waals surface area (Å²) in [5.74, 6) is -0.472. The van der Waals surface area contributed by atoms with Gasteiger partial charge in [-0.25, -0.2) is 17.5 Å². The number of hydrogen-bond acceptors (Lipinski definition) is 3. The highest BCUT2D eigenvalue weighted by Gasteiger charge is 2.13. The van der Waals surface area contributed by atoms with Crippen LogP contribution in [0.5, 0.6) is 0 Å². The molecule has 0 saturated heterocycles. The molecule has 2 rings (SSSR count). The Balaban J connectivity index is 1.96. The average molecular weight is 348 g/mol. The molecule has 0 spiro atoms. The molecule has 8 heteroatoms. The van der Waals surface area contributed by atoms with Gasteiger partial charge >= 0.3 is 0 Å². The maximum Gasteiger partial charge on any atom is 0.240 e. The van der Waals surface area contributed by atoms with E-state index in [9.17, 15) is 12.8 Å². The van der Waals surface area contributed by atoms with E-state index in [0.717, 1.165) is 16.6 Å². The van der Waals surface area contributed by atoms with Gasteiger partial charge in [0.1, 0.15) is 5.82 Å². The van der Waals surface area contributed by atoms with Crippen LogP contribution < -0.4 is 4.72 Å². The SMILES string of the molecule is O=S(=O)(NCCn1cc(Br)cn1)c1ccc(F)cc1. The fourth-order valence-electron chi connectivity index (χ4n) is 1.45. The van der Waals surface area contributed by atoms with Crippen molar-refractivity contribution in [3.05, 3.63) is 46.9 Å². The second-order valence-corrected chi connectivity index (χ2v) is 6.46. The smallest absolute Gasteiger partial charge is 0.240 e. The number of nitrogens with one attached hydrogen (secondary N) is 1. The second-order valence-electron chi connectivity index (χ2n) is 3.77. The van der Waals surface area contributed by atoms with Gasteiger partial charge in [0.05, 0.1) is 22.1 Å². The lowest BCUT2D eigenvalue weighted by molar-refractivity contribution is 0.560. The summed E-state index contributed by atoms with van der Waals surface area (Å²) in [5, 5.41) is 4.01. The maximum atomic E-state index is 12.7. The Bertz CT molecular complexity index is 655. The minimum Gasteiger partial charge on any atom is -0.270 e. The van der Waals surface area contributed by atoms with Crippen molar-refractivity contribution < 1.29 is 12.8 Å². The first kappa shape index (κ1) is 14.2. The Morgan fingerprint density at radius 2 is 2.00 bits per heavy atom. The molecule has 1 aromatic carbocycles. The Labute approximate surface area is 118 Å². The van der Waals surface area contributed by atoms with Gasteiger partial charge in [-0.1, -0.05) is 0 Å². The summed E-state index contributed by atoms with van der Waals surface area (Å²) in [5.41, 5.74) is 0. The molecule has 5 nitrogen and oxygen atoms in total. The topological polar surface area (TPSA) is 64.0 Å². The third kappa shape index (κ3) is 3.85. The van der Waals surface area contributed by atoms with Crippen LogP contribution in [0.15, 0.2) is 46.0 Å². The van der Waals surface area contributed by atoms with Gasteiger partial charge in [-0.15, -0.1) is 0 Å². The Morgan fingerprint density at radius 1 is 1.32 bits per heavy atom. The van der Waals surface area contributed by atoms with Crippen LogP contribution in [0.25, 0.3) is 0 Å². The molecule has 0 fully saturated rings. The van der Waals surface area contributed by atoms with E-state index in [2.05, 4.69) is 25.8 Å². The number of aromatic nitrogens is 2. The van der Waals surface area contributed by atoms with Crippen LogP contribution in [0.3, 0.4) is 0 Å². The molecule has 0 amide bonds. The van der Waals surface area contributed by atoms with Crippen LogP contribution in [-0.4, -0.2) is 24.7 Å². The van der Waals surface area contributed by atoms with Crippen LogP contribution in [0, 0.1) is 5.82 Å². The van der Waals surface area contributed by atoms with E-state index < -0.39 is 15.8 Å². The minimum atomic E-state index is -3.61. The molecule has 0 bridgehead atoms. The van der Waals surface area contributed by atoms with Crippen molar-refractivity contribution in [3.63, 3.8) is 0 Å². The van der Waals surface area contributed by atoms with E-state index in [1.165, 1.54) is 12.1 Å². The van der Waals surface area contributed by atoms with Crippen molar-refractivity contribution in [2.75, 3.05) is 6.54 Å². The summed E-state index contributed by atoms with van der Waals surface area (Å²) in [7, 11) is -3.61. The van der Waals surface area contributed by atoms with Crippen molar-refractivity contribution in [3.8, 4) is 0 Å². The van der Waals surface area contributed by atoms with Crippen molar-refractivity contribution in [1.29, 1.82) is 0 Å². The molecule has 1 aromatic heterocycles. The van der Waals surface area contributed by atoms with Crippen molar-refractivity contribution in [2.24, 2.45) is 0 Å². The van der Waals surface area contributed by atoms with E-state index in [1.807, 2.05) is 0 Å². The average Bonchev–Trinajstić information content (AvgIpc) is 2.75. The summed E-state index contributed by atoms with van der Waals surface area (Å²) in [6.45, 7) is 0.611. The van der Waals surface area contributed by atoms with Crippen LogP contribution in [-0.2, 0) is 16.6 Å². The fraction of sp³-hybridized carbons (Fsp3) is 0.182. The highest BCUT2D eigenvalue weighted by atomic mass is 79.9. The predicted octanol–water partition coefficient (Wildman–Crippen LogP) is 1.76. The highest BCUT2D eigenvalue weighted by Crippen LogP contribution is 2.09. The molecule has 0 aliphatic carbocycles. The standard InChI is InChI=1S/C11H11BrFN3O2S/c12-9-7-14-16(8-9)6-5-15-19(17,18)11-3-1-10(13)2-4-11/h1-4,7-8,15H,5-6H2. The number of halogens is 2. The lowest BCUT2D eigenvalue weighted by atomic mass is 10.4. The highest BCUT2D eigenvalue weighted by molar-refractivity contribution is 9.10. The van der Waals surface area contributed by atoms with E-state index >= 15 is 0 Å². The predicted molar refractivity (Wildman–Crippen MR) is 71.5 cm³/mol. The number of nitrogens with zero attached hydrogens (tertiary/aromatic N) is 2. The van der Waals surface area contributed by atoms with Gasteiger partial charge in [0.15, 0.2) is 0 Å². The first-order valence-electron chi connectivity index (χ1n) is 5.40. The molecular formula is C11H11BrFN3O2S. The molecule has 0 unspecified atom stereocenters. The molecule has 102 valence electrons. The van der Waals surface area contributed by atoms with Gasteiger partial charge in [-0.3, -0.25) is 4.68 Å². The zero-order valence-electron chi connectivity index (χ0n) is 9.75. The summed E-state index contributed by atoms with van der Waals surface area (Å²) in [4.78, 5) is 0.0375. The molecule has 0 aliphatic rings. The summed E-state index contributed by atoms with van der Waals surface area (Å²) in [6.07, 6.45) is 3.36. The van der Waals surface area contributed by atoms with E-state index in [4.69, 9.17) is 0 Å². The van der Waals surface area contributed by atoms with Crippen LogP contribution >= 0.6 is 15.9 Å². The van der Waals surface area contributed by atoms with Crippen LogP contribution in [0.4, 0.5) is 4.39 Å². The van der Waals surface area contributed by atoms with Crippen LogP contribution in [0.1, 0.15) is 0 Å². The first-order valence-corrected chi connectivity index (χ1v) is 7.68. The Hall–Kier alpha value is -1.25. The van der Waals surface area contributed by atoms with Gasteiger partial charge < -0.3 is 0 Å². The van der Waals surface area contributed by atoms with Gasteiger partial charge in [-0.2, -0.15) is 5.10 Å². The monoisotopic (exact) mass is 347 g/mol. The number of benzene rings is 1. The molecule has 0 radical (unpaired) electrons. The number of sulfonamides is 1. The zero-order valence-corrected chi connectivity index (χ0v) is 12.2. The summed E-state index contributed by atoms with van der Waals surface area (Å²) >= 11 is 3.25. The fourth-order valence-corrected chi connectivity index (χ4v) is 2.80. The lowest BCUT2D eigenvalue weighted by Gasteiger charge is -2.06. The molecule has 0 saturated carbocycles. The van der Waals surface area contributed by atoms with Crippen molar-refractivity contribution in [2.45, 2.75) is 11.4 Å². The summed E-state index contributed by atoms with van der Waals surface area (Å²) in [6, 6.07) is 4.67. The molecule has 1 heterocycles. The molecule has 19 heavy (non-hydrogen) atoms. The minimum absolute atomic E-state index is 0.0375. The maximum absolute atomic E-state index is 12.7. The molecule has 2 aromatic rings. The Kier molecular flexibility index (Phi) is 4.33. The lowest BCUT2D eigenvalue weighted by Crippen LogP contribution is -2.27. The van der Waals surface area contributed by atoms with E-state index in [0.29, 0.717) is 6.54 Å². The first-order chi connectivity index (χ1) is 8.97. The largest absolute Gasteiger partial charge is 0.270 e. The van der Waals surface area contributed by atoms with Crippen LogP contribution in [0.2, 0.25) is 0 Å². The van der Waals surface area contributed by atoms with Crippen molar-refractivity contribution in [1.82, 2.24) is 14.5 Å². The van der Waals surface area contributed by atoms with Crippen molar-refractivity contribution >= 4 is 26.0 Å². The zero-order chi connectivity index (χ0) is 13.9. The molecule has 1 N–H and O–H groups in total. The van der Waals surface area contributed by atoms with Gasteiger partial charge in [0.25, 0.3) is 0 Å². The second kappa shape index (κ2) is 5.81. The van der Waals surface area contributed by atoms with Gasteiger partial charge in [0.2, 0.25) is 10.0 Å². The normalized spacial score (nSPS) is 11.7. The van der Waals surface area contributed by atoms with E-state index in [-0.39, 0.29) is 11.4 Å². The number of hydrogen-bond donors (Lipinski definition) is 1. The number of rotatable bonds is 5. The van der Waals surface area contributed by atoms with E-state index in [1.54, 1.807) is 17.1 Å². The third-order valence-electron chi connectivity index (χ3n) is 2.36.